The predicted octanol–water partition coefficient (Wildman–Crippen LogP) is 1.22. The van der Waals surface area contributed by atoms with Crippen LogP contribution in [0, 0.1) is 0 Å². The molecule has 0 spiro atoms. The Labute approximate surface area is 162 Å². The molecule has 1 rings (SSSR count). The summed E-state index contributed by atoms with van der Waals surface area (Å²) in [4.78, 5) is 17.4. The van der Waals surface area contributed by atoms with E-state index in [0.29, 0.717) is 19.2 Å². The molecule has 1 fully saturated rings. The first-order chi connectivity index (χ1) is 11.1. The van der Waals surface area contributed by atoms with Gasteiger partial charge in [0.2, 0.25) is 5.91 Å². The standard InChI is InChI=1S/C16H32N4O3.HI/c1-4-8-17-16(19-12-15(21)20(2)3)18-9-6-10-22-13-14-7-5-11-23-14;/h14H,4-13H2,1-3H3,(H2,17,18,19);1H. The summed E-state index contributed by atoms with van der Waals surface area (Å²) in [5.41, 5.74) is 0. The lowest BCUT2D eigenvalue weighted by Crippen LogP contribution is -2.39. The first kappa shape index (κ1) is 23.4. The highest BCUT2D eigenvalue weighted by atomic mass is 127. The zero-order chi connectivity index (χ0) is 16.9. The lowest BCUT2D eigenvalue weighted by Gasteiger charge is -2.14. The number of carbonyl (C=O) groups excluding carboxylic acids is 1. The molecule has 0 saturated carbocycles. The molecule has 1 atom stereocenters. The predicted molar refractivity (Wildman–Crippen MR) is 107 cm³/mol. The second kappa shape index (κ2) is 14.7. The fourth-order valence-corrected chi connectivity index (χ4v) is 2.08. The SMILES string of the molecule is CCCNC(=NCC(=O)N(C)C)NCCCOCC1CCCO1.I. The second-order valence-electron chi connectivity index (χ2n) is 5.87. The molecule has 0 aromatic rings. The van der Waals surface area contributed by atoms with E-state index >= 15 is 0 Å². The third-order valence-electron chi connectivity index (χ3n) is 3.50. The monoisotopic (exact) mass is 456 g/mol. The van der Waals surface area contributed by atoms with Crippen LogP contribution in [0.2, 0.25) is 0 Å². The Hall–Kier alpha value is -0.610. The number of ether oxygens (including phenoxy) is 2. The topological polar surface area (TPSA) is 75.2 Å². The molecule has 2 N–H and O–H groups in total. The minimum Gasteiger partial charge on any atom is -0.379 e. The number of halogens is 1. The summed E-state index contributed by atoms with van der Waals surface area (Å²) >= 11 is 0. The molecule has 0 aliphatic carbocycles. The fraction of sp³-hybridized carbons (Fsp3) is 0.875. The van der Waals surface area contributed by atoms with E-state index in [4.69, 9.17) is 9.47 Å². The minimum absolute atomic E-state index is 0. The second-order valence-corrected chi connectivity index (χ2v) is 5.87. The van der Waals surface area contributed by atoms with Gasteiger partial charge in [0.15, 0.2) is 5.96 Å². The van der Waals surface area contributed by atoms with Crippen molar-refractivity contribution < 1.29 is 14.3 Å². The molecule has 0 radical (unpaired) electrons. The Balaban J connectivity index is 0.00000529. The van der Waals surface area contributed by atoms with Gasteiger partial charge in [0.25, 0.3) is 0 Å². The van der Waals surface area contributed by atoms with Gasteiger partial charge < -0.3 is 25.0 Å². The Morgan fingerprint density at radius 1 is 1.33 bits per heavy atom. The quantitative estimate of drug-likeness (QED) is 0.224. The molecule has 8 heteroatoms. The first-order valence-electron chi connectivity index (χ1n) is 8.55. The number of guanidine groups is 1. The van der Waals surface area contributed by atoms with Gasteiger partial charge in [-0.15, -0.1) is 24.0 Å². The van der Waals surface area contributed by atoms with Crippen LogP contribution >= 0.6 is 24.0 Å². The van der Waals surface area contributed by atoms with Crippen molar-refractivity contribution in [2.75, 3.05) is 53.6 Å². The summed E-state index contributed by atoms with van der Waals surface area (Å²) < 4.78 is 11.1. The molecule has 0 aromatic carbocycles. The summed E-state index contributed by atoms with van der Waals surface area (Å²) in [5.74, 6) is 0.670. The number of rotatable bonds is 10. The van der Waals surface area contributed by atoms with E-state index in [2.05, 4.69) is 22.5 Å². The Kier molecular flexibility index (Phi) is 14.3. The summed E-state index contributed by atoms with van der Waals surface area (Å²) in [6, 6.07) is 0. The van der Waals surface area contributed by atoms with Gasteiger partial charge in [-0.1, -0.05) is 6.92 Å². The number of amides is 1. The van der Waals surface area contributed by atoms with E-state index in [-0.39, 0.29) is 42.5 Å². The van der Waals surface area contributed by atoms with E-state index < -0.39 is 0 Å². The lowest BCUT2D eigenvalue weighted by molar-refractivity contribution is -0.127. The van der Waals surface area contributed by atoms with Gasteiger partial charge >= 0.3 is 0 Å². The highest BCUT2D eigenvalue weighted by molar-refractivity contribution is 14.0. The fourth-order valence-electron chi connectivity index (χ4n) is 2.08. The largest absolute Gasteiger partial charge is 0.379 e. The number of aliphatic imine (C=N–C) groups is 1. The van der Waals surface area contributed by atoms with Crippen molar-refractivity contribution in [1.82, 2.24) is 15.5 Å². The normalized spacial score (nSPS) is 17.3. The van der Waals surface area contributed by atoms with Crippen LogP contribution in [0.3, 0.4) is 0 Å². The molecule has 0 bridgehead atoms. The number of carbonyl (C=O) groups is 1. The summed E-state index contributed by atoms with van der Waals surface area (Å²) in [6.45, 7) is 6.09. The maximum Gasteiger partial charge on any atom is 0.243 e. The van der Waals surface area contributed by atoms with Crippen molar-refractivity contribution >= 4 is 35.8 Å². The van der Waals surface area contributed by atoms with Gasteiger partial charge in [-0.05, 0) is 25.7 Å². The zero-order valence-corrected chi connectivity index (χ0v) is 17.5. The number of hydrogen-bond donors (Lipinski definition) is 2. The highest BCUT2D eigenvalue weighted by Crippen LogP contribution is 2.11. The van der Waals surface area contributed by atoms with Gasteiger partial charge in [-0.3, -0.25) is 4.79 Å². The van der Waals surface area contributed by atoms with Gasteiger partial charge in [0.05, 0.1) is 12.7 Å². The van der Waals surface area contributed by atoms with Crippen molar-refractivity contribution in [2.24, 2.45) is 4.99 Å². The van der Waals surface area contributed by atoms with Crippen molar-refractivity contribution in [3.8, 4) is 0 Å². The minimum atomic E-state index is -0.0116. The average Bonchev–Trinajstić information content (AvgIpc) is 3.05. The van der Waals surface area contributed by atoms with Crippen molar-refractivity contribution in [3.63, 3.8) is 0 Å². The highest BCUT2D eigenvalue weighted by Gasteiger charge is 2.14. The van der Waals surface area contributed by atoms with E-state index in [9.17, 15) is 4.79 Å². The first-order valence-corrected chi connectivity index (χ1v) is 8.55. The summed E-state index contributed by atoms with van der Waals surface area (Å²) in [6.07, 6.45) is 4.43. The van der Waals surface area contributed by atoms with Crippen LogP contribution in [0.4, 0.5) is 0 Å². The average molecular weight is 456 g/mol. The van der Waals surface area contributed by atoms with E-state index in [1.807, 2.05) is 0 Å². The Morgan fingerprint density at radius 3 is 2.71 bits per heavy atom. The number of nitrogens with one attached hydrogen (secondary N) is 2. The van der Waals surface area contributed by atoms with Crippen LogP contribution in [0.5, 0.6) is 0 Å². The smallest absolute Gasteiger partial charge is 0.243 e. The van der Waals surface area contributed by atoms with Gasteiger partial charge in [0.1, 0.15) is 6.54 Å². The zero-order valence-electron chi connectivity index (χ0n) is 15.2. The third-order valence-corrected chi connectivity index (χ3v) is 3.50. The van der Waals surface area contributed by atoms with Crippen LogP contribution in [-0.2, 0) is 14.3 Å². The van der Waals surface area contributed by atoms with E-state index in [1.165, 1.54) is 0 Å². The Bertz CT molecular complexity index is 361. The van der Waals surface area contributed by atoms with Crippen LogP contribution in [0.25, 0.3) is 0 Å². The van der Waals surface area contributed by atoms with Crippen LogP contribution in [-0.4, -0.2) is 76.4 Å². The molecule has 1 unspecified atom stereocenters. The molecule has 0 aromatic heterocycles. The van der Waals surface area contributed by atoms with E-state index in [0.717, 1.165) is 45.4 Å². The molecule has 7 nitrogen and oxygen atoms in total. The molecule has 24 heavy (non-hydrogen) atoms. The van der Waals surface area contributed by atoms with Crippen LogP contribution in [0.15, 0.2) is 4.99 Å². The molecule has 1 heterocycles. The molecular weight excluding hydrogens is 423 g/mol. The number of hydrogen-bond acceptors (Lipinski definition) is 4. The maximum absolute atomic E-state index is 11.6. The molecule has 142 valence electrons. The van der Waals surface area contributed by atoms with Gasteiger partial charge in [0, 0.05) is 40.4 Å². The van der Waals surface area contributed by atoms with Crippen molar-refractivity contribution in [3.05, 3.63) is 0 Å². The summed E-state index contributed by atoms with van der Waals surface area (Å²) in [7, 11) is 3.46. The number of likely N-dealkylation sites (N-methyl/N-ethyl adjacent to an activating group) is 1. The van der Waals surface area contributed by atoms with Crippen LogP contribution < -0.4 is 10.6 Å². The number of nitrogens with zero attached hydrogens (tertiary/aromatic N) is 2. The van der Waals surface area contributed by atoms with Crippen molar-refractivity contribution in [2.45, 2.75) is 38.7 Å². The van der Waals surface area contributed by atoms with E-state index in [1.54, 1.807) is 19.0 Å². The van der Waals surface area contributed by atoms with Gasteiger partial charge in [-0.2, -0.15) is 0 Å². The summed E-state index contributed by atoms with van der Waals surface area (Å²) in [5, 5.41) is 6.44. The lowest BCUT2D eigenvalue weighted by atomic mass is 10.2. The van der Waals surface area contributed by atoms with Gasteiger partial charge in [-0.25, -0.2) is 4.99 Å². The molecular formula is C16H33IN4O3. The van der Waals surface area contributed by atoms with Crippen molar-refractivity contribution in [1.29, 1.82) is 0 Å². The molecule has 1 amide bonds. The Morgan fingerprint density at radius 2 is 2.08 bits per heavy atom. The van der Waals surface area contributed by atoms with Crippen LogP contribution in [0.1, 0.15) is 32.6 Å². The molecule has 1 aliphatic heterocycles. The maximum atomic E-state index is 11.6. The third kappa shape index (κ3) is 11.0. The molecule has 1 saturated heterocycles. The molecule has 1 aliphatic rings.